The number of aliphatic hydroxyl groups is 1. The fourth-order valence-electron chi connectivity index (χ4n) is 0.973. The van der Waals surface area contributed by atoms with Crippen molar-refractivity contribution in [3.8, 4) is 0 Å². The summed E-state index contributed by atoms with van der Waals surface area (Å²) in [4.78, 5) is 10.6. The summed E-state index contributed by atoms with van der Waals surface area (Å²) in [5, 5.41) is 21.2. The summed E-state index contributed by atoms with van der Waals surface area (Å²) < 4.78 is 1.92. The van der Waals surface area contributed by atoms with E-state index in [1.807, 2.05) is 0 Å². The molecule has 0 spiro atoms. The fraction of sp³-hybridized carbons (Fsp3) is 0.429. The van der Waals surface area contributed by atoms with E-state index in [4.69, 9.17) is 10.2 Å². The van der Waals surface area contributed by atoms with Crippen LogP contribution in [0.5, 0.6) is 0 Å². The maximum absolute atomic E-state index is 10.6. The molecule has 0 atom stereocenters. The second kappa shape index (κ2) is 3.89. The Balaban J connectivity index is 3.12. The highest BCUT2D eigenvalue weighted by atomic mass is 79.9. The summed E-state index contributed by atoms with van der Waals surface area (Å²) in [7, 11) is 0. The number of carbonyl (C=O) groups is 1. The lowest BCUT2D eigenvalue weighted by Gasteiger charge is -1.99. The van der Waals surface area contributed by atoms with E-state index in [-0.39, 0.29) is 12.3 Å². The Hall–Kier alpha value is -0.880. The van der Waals surface area contributed by atoms with Crippen molar-refractivity contribution in [3.05, 3.63) is 15.9 Å². The Kier molecular flexibility index (Phi) is 3.05. The summed E-state index contributed by atoms with van der Waals surface area (Å²) in [6, 6.07) is 0. The number of carboxylic acids is 1. The van der Waals surface area contributed by atoms with E-state index in [0.717, 1.165) is 0 Å². The monoisotopic (exact) mass is 248 g/mol. The van der Waals surface area contributed by atoms with Crippen molar-refractivity contribution in [1.29, 1.82) is 0 Å². The number of rotatable bonds is 3. The van der Waals surface area contributed by atoms with Crippen LogP contribution in [-0.4, -0.2) is 32.6 Å². The summed E-state index contributed by atoms with van der Waals surface area (Å²) in [5.74, 6) is -1.08. The smallest absolute Gasteiger partial charge is 0.357 e. The predicted molar refractivity (Wildman–Crippen MR) is 48.7 cm³/mol. The van der Waals surface area contributed by atoms with Crippen LogP contribution in [0.2, 0.25) is 0 Å². The van der Waals surface area contributed by atoms with Crippen molar-refractivity contribution in [2.75, 3.05) is 6.61 Å². The molecule has 1 aromatic heterocycles. The molecule has 6 heteroatoms. The lowest BCUT2D eigenvalue weighted by atomic mass is 10.4. The van der Waals surface area contributed by atoms with Crippen LogP contribution in [0.3, 0.4) is 0 Å². The van der Waals surface area contributed by atoms with Crippen molar-refractivity contribution in [1.82, 2.24) is 9.78 Å². The molecule has 0 aliphatic heterocycles. The van der Waals surface area contributed by atoms with Gasteiger partial charge in [-0.15, -0.1) is 0 Å². The molecule has 0 amide bonds. The average molecular weight is 249 g/mol. The molecule has 0 radical (unpaired) electrons. The minimum atomic E-state index is -1.08. The first-order valence-electron chi connectivity index (χ1n) is 3.65. The molecule has 72 valence electrons. The van der Waals surface area contributed by atoms with Gasteiger partial charge in [0.2, 0.25) is 0 Å². The summed E-state index contributed by atoms with van der Waals surface area (Å²) in [6.45, 7) is 1.98. The number of hydrogen-bond donors (Lipinski definition) is 2. The first-order valence-corrected chi connectivity index (χ1v) is 4.44. The van der Waals surface area contributed by atoms with E-state index >= 15 is 0 Å². The molecule has 0 aliphatic carbocycles. The number of aliphatic hydroxyl groups excluding tert-OH is 1. The van der Waals surface area contributed by atoms with Gasteiger partial charge < -0.3 is 10.2 Å². The van der Waals surface area contributed by atoms with E-state index in [2.05, 4.69) is 21.0 Å². The first-order chi connectivity index (χ1) is 6.07. The van der Waals surface area contributed by atoms with E-state index in [1.165, 1.54) is 4.68 Å². The molecule has 1 aromatic rings. The standard InChI is InChI=1S/C7H9BrN2O3/c1-4-5(8)6(7(12)13)9-10(4)2-3-11/h11H,2-3H2,1H3,(H,12,13). The summed E-state index contributed by atoms with van der Waals surface area (Å²) in [5.41, 5.74) is 0.678. The van der Waals surface area contributed by atoms with E-state index in [0.29, 0.717) is 16.7 Å². The highest BCUT2D eigenvalue weighted by Gasteiger charge is 2.17. The summed E-state index contributed by atoms with van der Waals surface area (Å²) in [6.07, 6.45) is 0. The number of nitrogens with zero attached hydrogens (tertiary/aromatic N) is 2. The normalized spacial score (nSPS) is 10.4. The minimum Gasteiger partial charge on any atom is -0.476 e. The van der Waals surface area contributed by atoms with Gasteiger partial charge in [0.1, 0.15) is 0 Å². The van der Waals surface area contributed by atoms with Gasteiger partial charge in [0, 0.05) is 0 Å². The van der Waals surface area contributed by atoms with Gasteiger partial charge in [0.25, 0.3) is 0 Å². The van der Waals surface area contributed by atoms with Crippen LogP contribution in [0.25, 0.3) is 0 Å². The molecule has 0 saturated heterocycles. The molecule has 0 bridgehead atoms. The predicted octanol–water partition coefficient (Wildman–Crippen LogP) is 0.645. The van der Waals surface area contributed by atoms with Crippen LogP contribution in [-0.2, 0) is 6.54 Å². The maximum atomic E-state index is 10.6. The van der Waals surface area contributed by atoms with Gasteiger partial charge in [-0.2, -0.15) is 5.10 Å². The third-order valence-electron chi connectivity index (χ3n) is 1.65. The Labute approximate surface area is 83.1 Å². The van der Waals surface area contributed by atoms with Crippen LogP contribution < -0.4 is 0 Å². The number of hydrogen-bond acceptors (Lipinski definition) is 3. The zero-order chi connectivity index (χ0) is 10.0. The zero-order valence-corrected chi connectivity index (χ0v) is 8.58. The van der Waals surface area contributed by atoms with Crippen molar-refractivity contribution in [2.45, 2.75) is 13.5 Å². The Morgan fingerprint density at radius 1 is 1.69 bits per heavy atom. The molecule has 0 aliphatic rings. The molecular weight excluding hydrogens is 240 g/mol. The van der Waals surface area contributed by atoms with Crippen molar-refractivity contribution < 1.29 is 15.0 Å². The topological polar surface area (TPSA) is 75.3 Å². The number of aromatic nitrogens is 2. The van der Waals surface area contributed by atoms with Gasteiger partial charge in [-0.25, -0.2) is 4.79 Å². The van der Waals surface area contributed by atoms with Gasteiger partial charge in [-0.3, -0.25) is 4.68 Å². The Morgan fingerprint density at radius 3 is 2.69 bits per heavy atom. The highest BCUT2D eigenvalue weighted by molar-refractivity contribution is 9.10. The van der Waals surface area contributed by atoms with Crippen LogP contribution in [0.4, 0.5) is 0 Å². The van der Waals surface area contributed by atoms with Crippen molar-refractivity contribution in [2.24, 2.45) is 0 Å². The van der Waals surface area contributed by atoms with Crippen molar-refractivity contribution in [3.63, 3.8) is 0 Å². The molecule has 13 heavy (non-hydrogen) atoms. The van der Waals surface area contributed by atoms with E-state index in [1.54, 1.807) is 6.92 Å². The molecule has 5 nitrogen and oxygen atoms in total. The highest BCUT2D eigenvalue weighted by Crippen LogP contribution is 2.20. The Morgan fingerprint density at radius 2 is 2.31 bits per heavy atom. The lowest BCUT2D eigenvalue weighted by molar-refractivity contribution is 0.0688. The third-order valence-corrected chi connectivity index (χ3v) is 2.60. The fourth-order valence-corrected chi connectivity index (χ4v) is 1.43. The average Bonchev–Trinajstić information content (AvgIpc) is 2.33. The molecule has 0 saturated carbocycles. The molecule has 2 N–H and O–H groups in total. The maximum Gasteiger partial charge on any atom is 0.357 e. The molecule has 0 aromatic carbocycles. The van der Waals surface area contributed by atoms with Crippen LogP contribution in [0, 0.1) is 6.92 Å². The first kappa shape index (κ1) is 10.2. The van der Waals surface area contributed by atoms with Crippen LogP contribution in [0.15, 0.2) is 4.47 Å². The second-order valence-corrected chi connectivity index (χ2v) is 3.29. The van der Waals surface area contributed by atoms with Gasteiger partial charge in [0.05, 0.1) is 23.3 Å². The largest absolute Gasteiger partial charge is 0.476 e. The molecule has 0 unspecified atom stereocenters. The zero-order valence-electron chi connectivity index (χ0n) is 6.99. The number of aromatic carboxylic acids is 1. The molecule has 0 fully saturated rings. The molecule has 1 rings (SSSR count). The van der Waals surface area contributed by atoms with E-state index < -0.39 is 5.97 Å². The second-order valence-electron chi connectivity index (χ2n) is 2.50. The minimum absolute atomic E-state index is 0.0223. The quantitative estimate of drug-likeness (QED) is 0.824. The number of carboxylic acid groups (broad SMARTS) is 1. The SMILES string of the molecule is Cc1c(Br)c(C(=O)O)nn1CCO. The van der Waals surface area contributed by atoms with Gasteiger partial charge in [-0.05, 0) is 22.9 Å². The van der Waals surface area contributed by atoms with Gasteiger partial charge >= 0.3 is 5.97 Å². The van der Waals surface area contributed by atoms with Gasteiger partial charge in [-0.1, -0.05) is 0 Å². The van der Waals surface area contributed by atoms with Crippen molar-refractivity contribution >= 4 is 21.9 Å². The Bertz CT molecular complexity index is 335. The van der Waals surface area contributed by atoms with Crippen LogP contribution >= 0.6 is 15.9 Å². The van der Waals surface area contributed by atoms with Crippen LogP contribution in [0.1, 0.15) is 16.2 Å². The number of halogens is 1. The van der Waals surface area contributed by atoms with Gasteiger partial charge in [0.15, 0.2) is 5.69 Å². The molecular formula is C7H9BrN2O3. The summed E-state index contributed by atoms with van der Waals surface area (Å²) >= 11 is 3.13. The molecule has 1 heterocycles. The third kappa shape index (κ3) is 1.89. The lowest BCUT2D eigenvalue weighted by Crippen LogP contribution is -2.07. The van der Waals surface area contributed by atoms with E-state index in [9.17, 15) is 4.79 Å².